The molecule has 0 amide bonds. The first-order valence-electron chi connectivity index (χ1n) is 5.49. The molecular formula is C10H18N4S. The molecule has 0 radical (unpaired) electrons. The molecule has 0 saturated carbocycles. The third-order valence-electron chi connectivity index (χ3n) is 3.65. The lowest BCUT2D eigenvalue weighted by Gasteiger charge is -2.35. The maximum absolute atomic E-state index is 8.57. The molecule has 1 unspecified atom stereocenters. The van der Waals surface area contributed by atoms with Gasteiger partial charge in [-0.05, 0) is 50.1 Å². The van der Waals surface area contributed by atoms with Crippen molar-refractivity contribution in [3.8, 4) is 0 Å². The molecular weight excluding hydrogens is 208 g/mol. The van der Waals surface area contributed by atoms with Crippen molar-refractivity contribution in [3.05, 3.63) is 10.4 Å². The minimum absolute atomic E-state index is 0.0474. The molecule has 15 heavy (non-hydrogen) atoms. The van der Waals surface area contributed by atoms with Gasteiger partial charge in [-0.1, -0.05) is 5.11 Å². The monoisotopic (exact) mass is 226 g/mol. The van der Waals surface area contributed by atoms with E-state index in [0.29, 0.717) is 0 Å². The van der Waals surface area contributed by atoms with Crippen LogP contribution in [0.1, 0.15) is 33.1 Å². The van der Waals surface area contributed by atoms with Gasteiger partial charge in [0.1, 0.15) is 0 Å². The Morgan fingerprint density at radius 2 is 2.07 bits per heavy atom. The maximum atomic E-state index is 8.57. The van der Waals surface area contributed by atoms with E-state index in [1.54, 1.807) is 0 Å². The molecule has 84 valence electrons. The van der Waals surface area contributed by atoms with Gasteiger partial charge in [0.2, 0.25) is 0 Å². The van der Waals surface area contributed by atoms with Crippen molar-refractivity contribution in [2.45, 2.75) is 50.2 Å². The summed E-state index contributed by atoms with van der Waals surface area (Å²) in [6.07, 6.45) is 3.42. The number of rotatable bonds is 1. The fourth-order valence-electron chi connectivity index (χ4n) is 2.78. The number of hydrogen-bond donors (Lipinski definition) is 1. The Balaban J connectivity index is 2.16. The Labute approximate surface area is 94.8 Å². The summed E-state index contributed by atoms with van der Waals surface area (Å²) >= 11 is 2.03. The first-order valence-corrected chi connectivity index (χ1v) is 6.65. The SMILES string of the molecule is CC1(C)NC2(CCSCC2)CC1N=[N+]=[N-]. The molecule has 1 N–H and O–H groups in total. The normalized spacial score (nSPS) is 32.5. The molecule has 1 atom stereocenters. The van der Waals surface area contributed by atoms with Crippen LogP contribution in [-0.4, -0.2) is 28.6 Å². The van der Waals surface area contributed by atoms with Crippen molar-refractivity contribution in [1.29, 1.82) is 0 Å². The van der Waals surface area contributed by atoms with E-state index in [2.05, 4.69) is 29.2 Å². The van der Waals surface area contributed by atoms with E-state index in [9.17, 15) is 0 Å². The van der Waals surface area contributed by atoms with Gasteiger partial charge in [0, 0.05) is 16.0 Å². The van der Waals surface area contributed by atoms with Crippen LogP contribution in [0, 0.1) is 0 Å². The molecule has 0 bridgehead atoms. The van der Waals surface area contributed by atoms with Gasteiger partial charge in [-0.2, -0.15) is 11.8 Å². The second-order valence-corrected chi connectivity index (χ2v) is 6.39. The van der Waals surface area contributed by atoms with Crippen LogP contribution in [0.2, 0.25) is 0 Å². The summed E-state index contributed by atoms with van der Waals surface area (Å²) < 4.78 is 0. The Bertz CT molecular complexity index is 290. The lowest BCUT2D eigenvalue weighted by Crippen LogP contribution is -2.50. The van der Waals surface area contributed by atoms with Crippen molar-refractivity contribution in [2.75, 3.05) is 11.5 Å². The highest BCUT2D eigenvalue weighted by Crippen LogP contribution is 2.41. The smallest absolute Gasteiger partial charge is 0.0568 e. The predicted octanol–water partition coefficient (Wildman–Crippen LogP) is 2.70. The number of nitrogens with zero attached hydrogens (tertiary/aromatic N) is 3. The van der Waals surface area contributed by atoms with Gasteiger partial charge in [-0.15, -0.1) is 0 Å². The highest BCUT2D eigenvalue weighted by molar-refractivity contribution is 7.99. The van der Waals surface area contributed by atoms with Crippen molar-refractivity contribution in [3.63, 3.8) is 0 Å². The van der Waals surface area contributed by atoms with Gasteiger partial charge in [-0.25, -0.2) is 0 Å². The minimum atomic E-state index is -0.0474. The Kier molecular flexibility index (Phi) is 2.88. The minimum Gasteiger partial charge on any atom is -0.306 e. The number of azide groups is 1. The Morgan fingerprint density at radius 3 is 2.67 bits per heavy atom. The van der Waals surface area contributed by atoms with E-state index in [1.807, 2.05) is 11.8 Å². The summed E-state index contributed by atoms with van der Waals surface area (Å²) in [4.78, 5) is 2.97. The highest BCUT2D eigenvalue weighted by Gasteiger charge is 2.48. The number of thioether (sulfide) groups is 1. The quantitative estimate of drug-likeness (QED) is 0.424. The van der Waals surface area contributed by atoms with Crippen LogP contribution >= 0.6 is 11.8 Å². The van der Waals surface area contributed by atoms with Crippen LogP contribution in [0.15, 0.2) is 5.11 Å². The third kappa shape index (κ3) is 2.10. The van der Waals surface area contributed by atoms with E-state index < -0.39 is 0 Å². The van der Waals surface area contributed by atoms with Crippen LogP contribution < -0.4 is 5.32 Å². The van der Waals surface area contributed by atoms with Gasteiger partial charge in [0.25, 0.3) is 0 Å². The van der Waals surface area contributed by atoms with Crippen LogP contribution in [0.3, 0.4) is 0 Å². The first kappa shape index (κ1) is 11.1. The molecule has 5 heteroatoms. The van der Waals surface area contributed by atoms with E-state index in [1.165, 1.54) is 24.3 Å². The zero-order valence-corrected chi connectivity index (χ0v) is 10.2. The second kappa shape index (κ2) is 3.89. The highest BCUT2D eigenvalue weighted by atomic mass is 32.2. The van der Waals surface area contributed by atoms with Crippen molar-refractivity contribution in [1.82, 2.24) is 5.32 Å². The molecule has 2 aliphatic rings. The van der Waals surface area contributed by atoms with E-state index in [4.69, 9.17) is 5.53 Å². The summed E-state index contributed by atoms with van der Waals surface area (Å²) in [6.45, 7) is 4.28. The van der Waals surface area contributed by atoms with Gasteiger partial charge in [0.15, 0.2) is 0 Å². The average Bonchev–Trinajstić information content (AvgIpc) is 2.39. The Hall–Kier alpha value is -0.380. The molecule has 2 rings (SSSR count). The summed E-state index contributed by atoms with van der Waals surface area (Å²) in [7, 11) is 0. The Morgan fingerprint density at radius 1 is 1.40 bits per heavy atom. The first-order chi connectivity index (χ1) is 7.08. The maximum Gasteiger partial charge on any atom is 0.0568 e. The van der Waals surface area contributed by atoms with Crippen LogP contribution in [-0.2, 0) is 0 Å². The third-order valence-corrected chi connectivity index (χ3v) is 4.63. The molecule has 0 aliphatic carbocycles. The fourth-order valence-corrected chi connectivity index (χ4v) is 4.06. The molecule has 2 saturated heterocycles. The van der Waals surface area contributed by atoms with Gasteiger partial charge >= 0.3 is 0 Å². The summed E-state index contributed by atoms with van der Waals surface area (Å²) in [5.74, 6) is 2.46. The summed E-state index contributed by atoms with van der Waals surface area (Å²) in [5, 5.41) is 7.64. The fraction of sp³-hybridized carbons (Fsp3) is 1.00. The van der Waals surface area contributed by atoms with Crippen molar-refractivity contribution < 1.29 is 0 Å². The second-order valence-electron chi connectivity index (χ2n) is 5.16. The van der Waals surface area contributed by atoms with E-state index >= 15 is 0 Å². The van der Waals surface area contributed by atoms with Crippen LogP contribution in [0.25, 0.3) is 10.4 Å². The molecule has 0 aromatic rings. The van der Waals surface area contributed by atoms with E-state index in [0.717, 1.165) is 6.42 Å². The molecule has 2 heterocycles. The summed E-state index contributed by atoms with van der Waals surface area (Å²) in [5.41, 5.74) is 8.77. The molecule has 4 nitrogen and oxygen atoms in total. The summed E-state index contributed by atoms with van der Waals surface area (Å²) in [6, 6.07) is 0.102. The number of hydrogen-bond acceptors (Lipinski definition) is 3. The lowest BCUT2D eigenvalue weighted by atomic mass is 9.88. The largest absolute Gasteiger partial charge is 0.306 e. The number of nitrogens with one attached hydrogen (secondary N) is 1. The molecule has 2 aliphatic heterocycles. The van der Waals surface area contributed by atoms with Gasteiger partial charge in [0.05, 0.1) is 6.04 Å². The van der Waals surface area contributed by atoms with Crippen LogP contribution in [0.4, 0.5) is 0 Å². The standard InChI is InChI=1S/C10H18N4S/c1-9(2)8(12-14-11)7-10(13-9)3-5-15-6-4-10/h8,13H,3-7H2,1-2H3. The van der Waals surface area contributed by atoms with Gasteiger partial charge in [-0.3, -0.25) is 0 Å². The molecule has 2 fully saturated rings. The molecule has 0 aromatic carbocycles. The predicted molar refractivity (Wildman–Crippen MR) is 64.1 cm³/mol. The van der Waals surface area contributed by atoms with Crippen molar-refractivity contribution >= 4 is 11.8 Å². The zero-order valence-electron chi connectivity index (χ0n) is 9.36. The average molecular weight is 226 g/mol. The van der Waals surface area contributed by atoms with Crippen molar-refractivity contribution in [2.24, 2.45) is 5.11 Å². The zero-order chi connectivity index (χ0) is 10.9. The molecule has 0 aromatic heterocycles. The van der Waals surface area contributed by atoms with E-state index in [-0.39, 0.29) is 17.1 Å². The topological polar surface area (TPSA) is 60.8 Å². The van der Waals surface area contributed by atoms with Crippen LogP contribution in [0.5, 0.6) is 0 Å². The lowest BCUT2D eigenvalue weighted by molar-refractivity contribution is 0.299. The molecule has 1 spiro atoms. The van der Waals surface area contributed by atoms with Gasteiger partial charge < -0.3 is 5.32 Å².